The van der Waals surface area contributed by atoms with E-state index in [1.807, 2.05) is 13.8 Å². The molecule has 1 rings (SSSR count). The monoisotopic (exact) mass is 255 g/mol. The summed E-state index contributed by atoms with van der Waals surface area (Å²) in [6.45, 7) is 7.57. The maximum atomic E-state index is 13.7. The molecule has 0 amide bonds. The lowest BCUT2D eigenvalue weighted by atomic mass is 9.86. The van der Waals surface area contributed by atoms with Gasteiger partial charge in [0.15, 0.2) is 0 Å². The summed E-state index contributed by atoms with van der Waals surface area (Å²) in [7, 11) is 1.50. The Morgan fingerprint density at radius 2 is 1.89 bits per heavy atom. The average Bonchev–Trinajstić information content (AvgIpc) is 2.25. The van der Waals surface area contributed by atoms with Gasteiger partial charge in [0.1, 0.15) is 11.6 Å². The van der Waals surface area contributed by atoms with E-state index in [1.54, 1.807) is 26.0 Å². The first-order chi connectivity index (χ1) is 8.17. The number of hydrogen-bond donors (Lipinski definition) is 2. The molecule has 0 saturated heterocycles. The molecule has 0 heterocycles. The summed E-state index contributed by atoms with van der Waals surface area (Å²) in [6.07, 6.45) is 0. The first-order valence-electron chi connectivity index (χ1n) is 5.97. The van der Waals surface area contributed by atoms with Crippen molar-refractivity contribution in [1.82, 2.24) is 5.32 Å². The zero-order valence-electron chi connectivity index (χ0n) is 11.7. The topological polar surface area (TPSA) is 41.5 Å². The molecule has 0 fully saturated rings. The second-order valence-electron chi connectivity index (χ2n) is 5.49. The van der Waals surface area contributed by atoms with E-state index in [4.69, 9.17) is 4.74 Å². The number of rotatable bonds is 5. The molecule has 0 aliphatic heterocycles. The highest BCUT2D eigenvalue weighted by Crippen LogP contribution is 2.22. The molecule has 0 radical (unpaired) electrons. The van der Waals surface area contributed by atoms with E-state index >= 15 is 0 Å². The molecule has 0 aliphatic carbocycles. The van der Waals surface area contributed by atoms with Gasteiger partial charge in [-0.25, -0.2) is 4.39 Å². The molecule has 18 heavy (non-hydrogen) atoms. The lowest BCUT2D eigenvalue weighted by Crippen LogP contribution is -2.55. The van der Waals surface area contributed by atoms with Gasteiger partial charge in [-0.1, -0.05) is 6.07 Å². The van der Waals surface area contributed by atoms with E-state index in [9.17, 15) is 9.50 Å². The third-order valence-corrected chi connectivity index (χ3v) is 3.51. The van der Waals surface area contributed by atoms with E-state index in [1.165, 1.54) is 13.2 Å². The van der Waals surface area contributed by atoms with E-state index < -0.39 is 11.1 Å². The first kappa shape index (κ1) is 14.9. The second kappa shape index (κ2) is 5.24. The molecule has 0 bridgehead atoms. The zero-order valence-corrected chi connectivity index (χ0v) is 11.7. The molecule has 102 valence electrons. The van der Waals surface area contributed by atoms with Crippen molar-refractivity contribution in [3.8, 4) is 5.75 Å². The Morgan fingerprint density at radius 3 is 2.33 bits per heavy atom. The van der Waals surface area contributed by atoms with Crippen LogP contribution in [0.3, 0.4) is 0 Å². The van der Waals surface area contributed by atoms with Crippen LogP contribution < -0.4 is 10.1 Å². The van der Waals surface area contributed by atoms with E-state index in [0.29, 0.717) is 17.9 Å². The molecule has 0 aromatic heterocycles. The average molecular weight is 255 g/mol. The Labute approximate surface area is 108 Å². The van der Waals surface area contributed by atoms with Crippen LogP contribution in [0.25, 0.3) is 0 Å². The largest absolute Gasteiger partial charge is 0.497 e. The minimum atomic E-state index is -0.893. The maximum Gasteiger partial charge on any atom is 0.131 e. The smallest absolute Gasteiger partial charge is 0.131 e. The van der Waals surface area contributed by atoms with Crippen molar-refractivity contribution < 1.29 is 14.2 Å². The standard InChI is InChI=1S/C14H22FNO2/c1-13(2,14(3,4)17)16-9-10-6-7-11(18-5)8-12(10)15/h6-8,16-17H,9H2,1-5H3. The normalized spacial score (nSPS) is 12.6. The van der Waals surface area contributed by atoms with Crippen LogP contribution in [0.1, 0.15) is 33.3 Å². The Balaban J connectivity index is 2.75. The van der Waals surface area contributed by atoms with E-state index in [-0.39, 0.29) is 5.82 Å². The number of nitrogens with one attached hydrogen (secondary N) is 1. The van der Waals surface area contributed by atoms with Crippen LogP contribution in [-0.2, 0) is 6.54 Å². The molecule has 0 atom stereocenters. The number of halogens is 1. The van der Waals surface area contributed by atoms with Crippen molar-refractivity contribution in [1.29, 1.82) is 0 Å². The van der Waals surface area contributed by atoms with Crippen molar-refractivity contribution in [3.05, 3.63) is 29.6 Å². The predicted octanol–water partition coefficient (Wildman–Crippen LogP) is 2.47. The highest BCUT2D eigenvalue weighted by molar-refractivity contribution is 5.29. The molecule has 1 aromatic carbocycles. The van der Waals surface area contributed by atoms with Gasteiger partial charge in [-0.15, -0.1) is 0 Å². The third-order valence-electron chi connectivity index (χ3n) is 3.51. The minimum absolute atomic E-state index is 0.312. The Hall–Kier alpha value is -1.13. The van der Waals surface area contributed by atoms with Gasteiger partial charge >= 0.3 is 0 Å². The summed E-state index contributed by atoms with van der Waals surface area (Å²) in [6, 6.07) is 4.76. The Bertz CT molecular complexity index is 411. The molecule has 4 heteroatoms. The summed E-state index contributed by atoms with van der Waals surface area (Å²) in [4.78, 5) is 0. The molecular formula is C14H22FNO2. The molecule has 0 aliphatic rings. The maximum absolute atomic E-state index is 13.7. The summed E-state index contributed by atoms with van der Waals surface area (Å²) >= 11 is 0. The van der Waals surface area contributed by atoms with Crippen LogP contribution in [0.5, 0.6) is 5.75 Å². The van der Waals surface area contributed by atoms with Crippen LogP contribution in [0.15, 0.2) is 18.2 Å². The second-order valence-corrected chi connectivity index (χ2v) is 5.49. The fraction of sp³-hybridized carbons (Fsp3) is 0.571. The lowest BCUT2D eigenvalue weighted by Gasteiger charge is -2.38. The van der Waals surface area contributed by atoms with Gasteiger partial charge in [-0.2, -0.15) is 0 Å². The van der Waals surface area contributed by atoms with Gasteiger partial charge < -0.3 is 15.2 Å². The van der Waals surface area contributed by atoms with Gasteiger partial charge in [0.2, 0.25) is 0 Å². The molecule has 0 spiro atoms. The van der Waals surface area contributed by atoms with E-state index in [0.717, 1.165) is 0 Å². The first-order valence-corrected chi connectivity index (χ1v) is 5.97. The molecule has 0 unspecified atom stereocenters. The van der Waals surface area contributed by atoms with Crippen molar-refractivity contribution >= 4 is 0 Å². The summed E-state index contributed by atoms with van der Waals surface area (Å²) < 4.78 is 18.7. The Morgan fingerprint density at radius 1 is 1.28 bits per heavy atom. The number of aliphatic hydroxyl groups is 1. The minimum Gasteiger partial charge on any atom is -0.497 e. The molecule has 1 aromatic rings. The van der Waals surface area contributed by atoms with Gasteiger partial charge in [-0.3, -0.25) is 0 Å². The fourth-order valence-corrected chi connectivity index (χ4v) is 1.33. The number of benzene rings is 1. The third kappa shape index (κ3) is 3.43. The molecular weight excluding hydrogens is 233 g/mol. The molecule has 3 nitrogen and oxygen atoms in total. The summed E-state index contributed by atoms with van der Waals surface area (Å²) in [5.41, 5.74) is -0.858. The zero-order chi connectivity index (χ0) is 14.0. The van der Waals surface area contributed by atoms with Gasteiger partial charge in [0.25, 0.3) is 0 Å². The number of ether oxygens (including phenoxy) is 1. The highest BCUT2D eigenvalue weighted by atomic mass is 19.1. The summed E-state index contributed by atoms with van der Waals surface area (Å²) in [5, 5.41) is 13.2. The van der Waals surface area contributed by atoms with Crippen LogP contribution >= 0.6 is 0 Å². The van der Waals surface area contributed by atoms with E-state index in [2.05, 4.69) is 5.32 Å². The fourth-order valence-electron chi connectivity index (χ4n) is 1.33. The molecule has 2 N–H and O–H groups in total. The van der Waals surface area contributed by atoms with Crippen LogP contribution in [0.4, 0.5) is 4.39 Å². The summed E-state index contributed by atoms with van der Waals surface area (Å²) in [5.74, 6) is 0.186. The van der Waals surface area contributed by atoms with Crippen LogP contribution in [0.2, 0.25) is 0 Å². The van der Waals surface area contributed by atoms with Crippen LogP contribution in [-0.4, -0.2) is 23.4 Å². The van der Waals surface area contributed by atoms with Crippen molar-refractivity contribution in [2.24, 2.45) is 0 Å². The number of methoxy groups -OCH3 is 1. The van der Waals surface area contributed by atoms with Gasteiger partial charge in [0, 0.05) is 23.7 Å². The SMILES string of the molecule is COc1ccc(CNC(C)(C)C(C)(C)O)c(F)c1. The van der Waals surface area contributed by atoms with Crippen molar-refractivity contribution in [2.75, 3.05) is 7.11 Å². The quantitative estimate of drug-likeness (QED) is 0.849. The number of hydrogen-bond acceptors (Lipinski definition) is 3. The molecule has 0 saturated carbocycles. The predicted molar refractivity (Wildman–Crippen MR) is 70.2 cm³/mol. The van der Waals surface area contributed by atoms with Crippen molar-refractivity contribution in [2.45, 2.75) is 45.4 Å². The highest BCUT2D eigenvalue weighted by Gasteiger charge is 2.34. The van der Waals surface area contributed by atoms with Gasteiger partial charge in [0.05, 0.1) is 12.7 Å². The van der Waals surface area contributed by atoms with Gasteiger partial charge in [-0.05, 0) is 33.8 Å². The Kier molecular flexibility index (Phi) is 4.35. The van der Waals surface area contributed by atoms with Crippen molar-refractivity contribution in [3.63, 3.8) is 0 Å². The lowest BCUT2D eigenvalue weighted by molar-refractivity contribution is -0.00544. The van der Waals surface area contributed by atoms with Crippen LogP contribution in [0, 0.1) is 5.82 Å².